The lowest BCUT2D eigenvalue weighted by Crippen LogP contribution is -2.48. The molecule has 0 aromatic heterocycles. The molecule has 0 bridgehead atoms. The highest BCUT2D eigenvalue weighted by atomic mass is 15.2. The van der Waals surface area contributed by atoms with Crippen LogP contribution in [0.25, 0.3) is 0 Å². The van der Waals surface area contributed by atoms with E-state index >= 15 is 0 Å². The Balaban J connectivity index is 1.69. The lowest BCUT2D eigenvalue weighted by atomic mass is 9.93. The molecule has 0 aliphatic carbocycles. The highest BCUT2D eigenvalue weighted by Gasteiger charge is 2.27. The molecule has 0 radical (unpaired) electrons. The zero-order valence-electron chi connectivity index (χ0n) is 16.4. The Bertz CT molecular complexity index is 317. The summed E-state index contributed by atoms with van der Waals surface area (Å²) in [6.45, 7) is 16.0. The van der Waals surface area contributed by atoms with Crippen molar-refractivity contribution in [3.63, 3.8) is 0 Å². The summed E-state index contributed by atoms with van der Waals surface area (Å²) in [6, 6.07) is 2.37. The van der Waals surface area contributed by atoms with E-state index < -0.39 is 0 Å². The van der Waals surface area contributed by atoms with E-state index in [-0.39, 0.29) is 0 Å². The molecule has 2 fully saturated rings. The number of likely N-dealkylation sites (tertiary alicyclic amines) is 2. The number of rotatable bonds is 7. The lowest BCUT2D eigenvalue weighted by molar-refractivity contribution is 0.0735. The van der Waals surface area contributed by atoms with Crippen LogP contribution in [0.1, 0.15) is 66.2 Å². The van der Waals surface area contributed by atoms with Crippen LogP contribution in [0.2, 0.25) is 0 Å². The average molecular weight is 324 g/mol. The second-order valence-corrected chi connectivity index (χ2v) is 8.20. The van der Waals surface area contributed by atoms with E-state index in [0.29, 0.717) is 0 Å². The fourth-order valence-electron chi connectivity index (χ4n) is 4.42. The average Bonchev–Trinajstić information content (AvgIpc) is 2.61. The highest BCUT2D eigenvalue weighted by Crippen LogP contribution is 2.24. The van der Waals surface area contributed by atoms with Crippen molar-refractivity contribution in [2.75, 3.05) is 39.8 Å². The monoisotopic (exact) mass is 323 g/mol. The fraction of sp³-hybridized carbons (Fsp3) is 1.00. The van der Waals surface area contributed by atoms with Crippen LogP contribution in [0.4, 0.5) is 0 Å². The molecule has 0 aromatic carbocycles. The maximum Gasteiger partial charge on any atom is 0.0117 e. The predicted molar refractivity (Wildman–Crippen MR) is 101 cm³/mol. The molecule has 2 atom stereocenters. The molecule has 2 aliphatic rings. The zero-order chi connectivity index (χ0) is 16.8. The quantitative estimate of drug-likeness (QED) is 0.707. The number of hydrogen-bond acceptors (Lipinski definition) is 3. The van der Waals surface area contributed by atoms with Gasteiger partial charge < -0.3 is 14.7 Å². The maximum absolute atomic E-state index is 2.70. The van der Waals surface area contributed by atoms with Crippen LogP contribution in [0.3, 0.4) is 0 Å². The normalized spacial score (nSPS) is 25.8. The summed E-state index contributed by atoms with van der Waals surface area (Å²) in [4.78, 5) is 8.08. The van der Waals surface area contributed by atoms with Crippen molar-refractivity contribution in [1.29, 1.82) is 0 Å². The topological polar surface area (TPSA) is 9.72 Å². The van der Waals surface area contributed by atoms with Crippen molar-refractivity contribution in [1.82, 2.24) is 14.7 Å². The predicted octanol–water partition coefficient (Wildman–Crippen LogP) is 3.69. The van der Waals surface area contributed by atoms with Gasteiger partial charge in [-0.1, -0.05) is 13.8 Å². The van der Waals surface area contributed by atoms with Crippen molar-refractivity contribution >= 4 is 0 Å². The van der Waals surface area contributed by atoms with E-state index in [1.807, 2.05) is 0 Å². The van der Waals surface area contributed by atoms with Gasteiger partial charge in [0.2, 0.25) is 0 Å². The van der Waals surface area contributed by atoms with E-state index in [1.54, 1.807) is 0 Å². The summed E-state index contributed by atoms with van der Waals surface area (Å²) in [5, 5.41) is 0. The molecular weight excluding hydrogens is 282 g/mol. The Morgan fingerprint density at radius 3 is 1.70 bits per heavy atom. The van der Waals surface area contributed by atoms with Gasteiger partial charge in [0, 0.05) is 24.7 Å². The van der Waals surface area contributed by atoms with E-state index in [0.717, 1.165) is 24.0 Å². The van der Waals surface area contributed by atoms with Gasteiger partial charge in [0.1, 0.15) is 0 Å². The SMILES string of the molecule is CCC(C)N1CCC(CN(C)C2CCN(C(C)CC)CC2)CC1. The molecule has 0 amide bonds. The largest absolute Gasteiger partial charge is 0.303 e. The standard InChI is InChI=1S/C20H41N3/c1-6-17(3)22-12-8-19(9-13-22)16-21(5)20-10-14-23(15-11-20)18(4)7-2/h17-20H,6-16H2,1-5H3. The van der Waals surface area contributed by atoms with Gasteiger partial charge in [-0.3, -0.25) is 0 Å². The minimum Gasteiger partial charge on any atom is -0.303 e. The molecule has 0 spiro atoms. The third-order valence-electron chi connectivity index (χ3n) is 6.75. The van der Waals surface area contributed by atoms with E-state index in [2.05, 4.69) is 49.4 Å². The fourth-order valence-corrected chi connectivity index (χ4v) is 4.42. The second-order valence-electron chi connectivity index (χ2n) is 8.20. The molecule has 0 saturated carbocycles. The Morgan fingerprint density at radius 2 is 1.26 bits per heavy atom. The van der Waals surface area contributed by atoms with Gasteiger partial charge in [-0.2, -0.15) is 0 Å². The Morgan fingerprint density at radius 1 is 0.826 bits per heavy atom. The van der Waals surface area contributed by atoms with Gasteiger partial charge in [-0.25, -0.2) is 0 Å². The Hall–Kier alpha value is -0.120. The van der Waals surface area contributed by atoms with Crippen LogP contribution in [0, 0.1) is 5.92 Å². The highest BCUT2D eigenvalue weighted by molar-refractivity contribution is 4.83. The maximum atomic E-state index is 2.70. The van der Waals surface area contributed by atoms with Crippen molar-refractivity contribution in [2.24, 2.45) is 5.92 Å². The summed E-state index contributed by atoms with van der Waals surface area (Å²) in [5.74, 6) is 0.924. The van der Waals surface area contributed by atoms with E-state index in [4.69, 9.17) is 0 Å². The summed E-state index contributed by atoms with van der Waals surface area (Å²) < 4.78 is 0. The minimum absolute atomic E-state index is 0.770. The van der Waals surface area contributed by atoms with Gasteiger partial charge in [-0.15, -0.1) is 0 Å². The first kappa shape index (κ1) is 19.2. The molecule has 136 valence electrons. The van der Waals surface area contributed by atoms with Crippen molar-refractivity contribution in [2.45, 2.75) is 84.3 Å². The van der Waals surface area contributed by atoms with Crippen molar-refractivity contribution in [3.05, 3.63) is 0 Å². The van der Waals surface area contributed by atoms with Crippen LogP contribution >= 0.6 is 0 Å². The summed E-state index contributed by atoms with van der Waals surface area (Å²) >= 11 is 0. The van der Waals surface area contributed by atoms with Crippen molar-refractivity contribution in [3.8, 4) is 0 Å². The van der Waals surface area contributed by atoms with E-state index in [9.17, 15) is 0 Å². The Kier molecular flexibility index (Phi) is 7.84. The molecule has 3 heteroatoms. The molecular formula is C20H41N3. The smallest absolute Gasteiger partial charge is 0.0117 e. The molecule has 23 heavy (non-hydrogen) atoms. The summed E-state index contributed by atoms with van der Waals surface area (Å²) in [6.07, 6.45) is 8.12. The Labute approximate surface area is 145 Å². The van der Waals surface area contributed by atoms with Crippen LogP contribution < -0.4 is 0 Å². The van der Waals surface area contributed by atoms with Gasteiger partial charge in [0.05, 0.1) is 0 Å². The molecule has 2 saturated heterocycles. The first-order chi connectivity index (χ1) is 11.0. The van der Waals surface area contributed by atoms with Crippen LogP contribution in [0.15, 0.2) is 0 Å². The molecule has 0 N–H and O–H groups in total. The van der Waals surface area contributed by atoms with Crippen molar-refractivity contribution < 1.29 is 0 Å². The molecule has 2 heterocycles. The zero-order valence-corrected chi connectivity index (χ0v) is 16.4. The van der Waals surface area contributed by atoms with Gasteiger partial charge in [-0.05, 0) is 91.5 Å². The number of piperidine rings is 2. The van der Waals surface area contributed by atoms with Gasteiger partial charge in [0.25, 0.3) is 0 Å². The number of nitrogens with zero attached hydrogens (tertiary/aromatic N) is 3. The van der Waals surface area contributed by atoms with Crippen LogP contribution in [-0.4, -0.2) is 72.6 Å². The number of hydrogen-bond donors (Lipinski definition) is 0. The molecule has 2 rings (SSSR count). The lowest BCUT2D eigenvalue weighted by Gasteiger charge is -2.42. The summed E-state index contributed by atoms with van der Waals surface area (Å²) in [7, 11) is 2.38. The first-order valence-corrected chi connectivity index (χ1v) is 10.2. The van der Waals surface area contributed by atoms with Gasteiger partial charge >= 0.3 is 0 Å². The molecule has 2 aliphatic heterocycles. The summed E-state index contributed by atoms with van der Waals surface area (Å²) in [5.41, 5.74) is 0. The van der Waals surface area contributed by atoms with Crippen LogP contribution in [-0.2, 0) is 0 Å². The molecule has 2 unspecified atom stereocenters. The molecule has 0 aromatic rings. The third-order valence-corrected chi connectivity index (χ3v) is 6.75. The van der Waals surface area contributed by atoms with E-state index in [1.165, 1.54) is 71.2 Å². The minimum atomic E-state index is 0.770. The third kappa shape index (κ3) is 5.44. The van der Waals surface area contributed by atoms with Crippen LogP contribution in [0.5, 0.6) is 0 Å². The van der Waals surface area contributed by atoms with Gasteiger partial charge in [0.15, 0.2) is 0 Å². The molecule has 3 nitrogen and oxygen atoms in total. The second kappa shape index (κ2) is 9.39. The first-order valence-electron chi connectivity index (χ1n) is 10.2.